The molecule has 14 heavy (non-hydrogen) atoms. The van der Waals surface area contributed by atoms with E-state index in [4.69, 9.17) is 7.85 Å². The minimum Gasteiger partial charge on any atom is -0.349 e. The summed E-state index contributed by atoms with van der Waals surface area (Å²) in [6, 6.07) is 6.73. The number of aldehydes is 1. The second kappa shape index (κ2) is 5.22. The standard InChI is InChI=1S/C10H10BNO2/c11-9-3-1-8(2-4-9)5-10(6-13)12-7-14/h1-4,6-7,10H,5H2,(H,12,14). The first-order chi connectivity index (χ1) is 6.76. The molecule has 0 spiro atoms. The van der Waals surface area contributed by atoms with Gasteiger partial charge in [-0.25, -0.2) is 0 Å². The minimum atomic E-state index is -0.462. The maximum atomic E-state index is 10.5. The van der Waals surface area contributed by atoms with Crippen LogP contribution >= 0.6 is 0 Å². The zero-order valence-electron chi connectivity index (χ0n) is 7.64. The highest BCUT2D eigenvalue weighted by molar-refractivity contribution is 6.32. The molecule has 1 unspecified atom stereocenters. The molecule has 0 aliphatic rings. The van der Waals surface area contributed by atoms with Crippen molar-refractivity contribution >= 4 is 26.0 Å². The monoisotopic (exact) mass is 187 g/mol. The second-order valence-corrected chi connectivity index (χ2v) is 2.97. The Kier molecular flexibility index (Phi) is 3.92. The maximum absolute atomic E-state index is 10.5. The molecule has 0 bridgehead atoms. The molecule has 1 rings (SSSR count). The molecule has 1 amide bonds. The molecule has 0 saturated carbocycles. The Morgan fingerprint density at radius 2 is 1.93 bits per heavy atom. The Hall–Kier alpha value is -1.58. The maximum Gasteiger partial charge on any atom is 0.207 e. The molecule has 70 valence electrons. The highest BCUT2D eigenvalue weighted by Crippen LogP contribution is 2.00. The van der Waals surface area contributed by atoms with Gasteiger partial charge in [0.15, 0.2) is 0 Å². The van der Waals surface area contributed by atoms with Gasteiger partial charge in [-0.1, -0.05) is 29.7 Å². The van der Waals surface area contributed by atoms with Crippen molar-refractivity contribution < 1.29 is 9.59 Å². The van der Waals surface area contributed by atoms with Gasteiger partial charge in [-0.3, -0.25) is 4.79 Å². The molecular formula is C10H10BNO2. The summed E-state index contributed by atoms with van der Waals surface area (Å²) in [5, 5.41) is 2.42. The van der Waals surface area contributed by atoms with E-state index >= 15 is 0 Å². The first kappa shape index (κ1) is 10.5. The molecule has 0 aromatic heterocycles. The predicted octanol–water partition coefficient (Wildman–Crippen LogP) is -0.664. The summed E-state index contributed by atoms with van der Waals surface area (Å²) in [6.07, 6.45) is 1.73. The van der Waals surface area contributed by atoms with Gasteiger partial charge in [-0.05, 0) is 12.0 Å². The van der Waals surface area contributed by atoms with Crippen LogP contribution in [0.3, 0.4) is 0 Å². The van der Waals surface area contributed by atoms with Crippen LogP contribution in [0.4, 0.5) is 0 Å². The number of carbonyl (C=O) groups is 2. The molecule has 1 aromatic rings. The van der Waals surface area contributed by atoms with Gasteiger partial charge in [0.05, 0.1) is 6.04 Å². The van der Waals surface area contributed by atoms with E-state index in [9.17, 15) is 9.59 Å². The van der Waals surface area contributed by atoms with Crippen molar-refractivity contribution in [3.63, 3.8) is 0 Å². The molecule has 0 saturated heterocycles. The fourth-order valence-electron chi connectivity index (χ4n) is 1.14. The first-order valence-corrected chi connectivity index (χ1v) is 4.25. The van der Waals surface area contributed by atoms with E-state index < -0.39 is 6.04 Å². The molecule has 1 atom stereocenters. The lowest BCUT2D eigenvalue weighted by Gasteiger charge is -2.08. The summed E-state index contributed by atoms with van der Waals surface area (Å²) in [7, 11) is 5.51. The number of hydrogen-bond acceptors (Lipinski definition) is 2. The van der Waals surface area contributed by atoms with Gasteiger partial charge in [0, 0.05) is 0 Å². The highest BCUT2D eigenvalue weighted by atomic mass is 16.1. The average molecular weight is 187 g/mol. The highest BCUT2D eigenvalue weighted by Gasteiger charge is 2.05. The van der Waals surface area contributed by atoms with E-state index in [1.165, 1.54) is 0 Å². The Labute approximate surface area is 83.9 Å². The summed E-state index contributed by atoms with van der Waals surface area (Å²) >= 11 is 0. The molecule has 0 fully saturated rings. The number of rotatable bonds is 5. The molecule has 4 heteroatoms. The molecule has 0 aliphatic heterocycles. The van der Waals surface area contributed by atoms with Crippen molar-refractivity contribution in [3.8, 4) is 0 Å². The first-order valence-electron chi connectivity index (χ1n) is 4.25. The van der Waals surface area contributed by atoms with Crippen LogP contribution in [0, 0.1) is 0 Å². The average Bonchev–Trinajstić information content (AvgIpc) is 2.20. The van der Waals surface area contributed by atoms with E-state index in [1.807, 2.05) is 12.1 Å². The Balaban J connectivity index is 2.62. The summed E-state index contributed by atoms with van der Waals surface area (Å²) in [5.74, 6) is 0. The van der Waals surface area contributed by atoms with Gasteiger partial charge in [0.2, 0.25) is 6.41 Å². The largest absolute Gasteiger partial charge is 0.349 e. The molecule has 0 heterocycles. The topological polar surface area (TPSA) is 46.2 Å². The third kappa shape index (κ3) is 3.05. The normalized spacial score (nSPS) is 11.7. The smallest absolute Gasteiger partial charge is 0.207 e. The minimum absolute atomic E-state index is 0.462. The van der Waals surface area contributed by atoms with Crippen molar-refractivity contribution in [1.29, 1.82) is 0 Å². The Morgan fingerprint density at radius 3 is 2.43 bits per heavy atom. The molecule has 1 N–H and O–H groups in total. The van der Waals surface area contributed by atoms with Crippen LogP contribution in [0.1, 0.15) is 5.56 Å². The zero-order chi connectivity index (χ0) is 10.4. The van der Waals surface area contributed by atoms with E-state index in [0.717, 1.165) is 5.56 Å². The van der Waals surface area contributed by atoms with Crippen LogP contribution < -0.4 is 10.8 Å². The van der Waals surface area contributed by atoms with Crippen LogP contribution in [0.15, 0.2) is 24.3 Å². The van der Waals surface area contributed by atoms with Crippen LogP contribution in [0.2, 0.25) is 0 Å². The van der Waals surface area contributed by atoms with Gasteiger partial charge in [-0.15, -0.1) is 0 Å². The van der Waals surface area contributed by atoms with Crippen LogP contribution in [0.5, 0.6) is 0 Å². The molecule has 0 aliphatic carbocycles. The fourth-order valence-corrected chi connectivity index (χ4v) is 1.14. The van der Waals surface area contributed by atoms with Crippen molar-refractivity contribution in [3.05, 3.63) is 29.8 Å². The number of carbonyl (C=O) groups excluding carboxylic acids is 2. The van der Waals surface area contributed by atoms with Gasteiger partial charge >= 0.3 is 0 Å². The quantitative estimate of drug-likeness (QED) is 0.491. The molecule has 1 aromatic carbocycles. The van der Waals surface area contributed by atoms with Gasteiger partial charge in [0.1, 0.15) is 14.1 Å². The number of benzene rings is 1. The molecule has 3 nitrogen and oxygen atoms in total. The third-order valence-corrected chi connectivity index (χ3v) is 1.88. The SMILES string of the molecule is [B]c1ccc(CC(C=O)NC=O)cc1. The van der Waals surface area contributed by atoms with Crippen molar-refractivity contribution in [1.82, 2.24) is 5.32 Å². The lowest BCUT2D eigenvalue weighted by Crippen LogP contribution is -2.31. The lowest BCUT2D eigenvalue weighted by atomic mass is 9.94. The molecular weight excluding hydrogens is 177 g/mol. The number of nitrogens with one attached hydrogen (secondary N) is 1. The summed E-state index contributed by atoms with van der Waals surface area (Å²) < 4.78 is 0. The number of amides is 1. The Morgan fingerprint density at radius 1 is 1.29 bits per heavy atom. The van der Waals surface area contributed by atoms with Gasteiger partial charge in [-0.2, -0.15) is 0 Å². The summed E-state index contributed by atoms with van der Waals surface area (Å²) in [4.78, 5) is 20.6. The van der Waals surface area contributed by atoms with E-state index in [0.29, 0.717) is 24.6 Å². The van der Waals surface area contributed by atoms with Crippen molar-refractivity contribution in [2.45, 2.75) is 12.5 Å². The Bertz CT molecular complexity index is 310. The zero-order valence-corrected chi connectivity index (χ0v) is 7.64. The summed E-state index contributed by atoms with van der Waals surface area (Å²) in [6.45, 7) is 0. The number of hydrogen-bond donors (Lipinski definition) is 1. The van der Waals surface area contributed by atoms with Gasteiger partial charge < -0.3 is 10.1 Å². The second-order valence-electron chi connectivity index (χ2n) is 2.97. The molecule has 2 radical (unpaired) electrons. The van der Waals surface area contributed by atoms with Gasteiger partial charge in [0.25, 0.3) is 0 Å². The van der Waals surface area contributed by atoms with Crippen molar-refractivity contribution in [2.24, 2.45) is 0 Å². The van der Waals surface area contributed by atoms with Crippen LogP contribution in [-0.4, -0.2) is 26.6 Å². The van der Waals surface area contributed by atoms with E-state index in [-0.39, 0.29) is 0 Å². The lowest BCUT2D eigenvalue weighted by molar-refractivity contribution is -0.115. The van der Waals surface area contributed by atoms with E-state index in [2.05, 4.69) is 5.32 Å². The summed E-state index contributed by atoms with van der Waals surface area (Å²) in [5.41, 5.74) is 1.64. The third-order valence-electron chi connectivity index (χ3n) is 1.88. The fraction of sp³-hybridized carbons (Fsp3) is 0.200. The van der Waals surface area contributed by atoms with E-state index in [1.54, 1.807) is 12.1 Å². The van der Waals surface area contributed by atoms with Crippen LogP contribution in [0.25, 0.3) is 0 Å². The van der Waals surface area contributed by atoms with Crippen molar-refractivity contribution in [2.75, 3.05) is 0 Å². The predicted molar refractivity (Wildman–Crippen MR) is 54.6 cm³/mol. The van der Waals surface area contributed by atoms with Crippen LogP contribution in [-0.2, 0) is 16.0 Å².